The lowest BCUT2D eigenvalue weighted by Crippen LogP contribution is -3.00. The second kappa shape index (κ2) is 6.49. The Morgan fingerprint density at radius 1 is 0.667 bits per heavy atom. The van der Waals surface area contributed by atoms with Crippen LogP contribution in [0.2, 0.25) is 0 Å². The van der Waals surface area contributed by atoms with Gasteiger partial charge in [-0.3, -0.25) is 9.59 Å². The molecule has 2 aromatic carbocycles. The fourth-order valence-corrected chi connectivity index (χ4v) is 3.00. The maximum Gasteiger partial charge on any atom is 0.194 e. The lowest BCUT2D eigenvalue weighted by molar-refractivity contribution is -0.688. The molecule has 0 spiro atoms. The summed E-state index contributed by atoms with van der Waals surface area (Å²) < 4.78 is 2.03. The van der Waals surface area contributed by atoms with Crippen molar-refractivity contribution in [2.45, 2.75) is 6.54 Å². The van der Waals surface area contributed by atoms with E-state index in [-0.39, 0.29) is 28.5 Å². The van der Waals surface area contributed by atoms with Crippen molar-refractivity contribution in [3.63, 3.8) is 0 Å². The molecule has 1 aliphatic carbocycles. The van der Waals surface area contributed by atoms with Crippen LogP contribution in [0.3, 0.4) is 0 Å². The van der Waals surface area contributed by atoms with Gasteiger partial charge in [-0.15, -0.1) is 0 Å². The molecular weight excluding hydrogens is 366 g/mol. The zero-order chi connectivity index (χ0) is 15.8. The molecule has 0 atom stereocenters. The summed E-state index contributed by atoms with van der Waals surface area (Å²) in [6, 6.07) is 18.4. The molecule has 0 unspecified atom stereocenters. The molecule has 1 heterocycles. The molecule has 24 heavy (non-hydrogen) atoms. The lowest BCUT2D eigenvalue weighted by Gasteiger charge is -2.17. The Kier molecular flexibility index (Phi) is 4.40. The molecule has 0 fully saturated rings. The smallest absolute Gasteiger partial charge is 0.194 e. The Balaban J connectivity index is 0.00000169. The summed E-state index contributed by atoms with van der Waals surface area (Å²) in [6.45, 7) is 0.664. The van der Waals surface area contributed by atoms with Crippen molar-refractivity contribution in [1.29, 1.82) is 0 Å². The van der Waals surface area contributed by atoms with Crippen LogP contribution in [0.15, 0.2) is 73.1 Å². The minimum Gasteiger partial charge on any atom is -1.00 e. The predicted octanol–water partition coefficient (Wildman–Crippen LogP) is -0.198. The number of nitrogens with zero attached hydrogens (tertiary/aromatic N) is 1. The summed E-state index contributed by atoms with van der Waals surface area (Å²) in [4.78, 5) is 25.3. The third-order valence-corrected chi connectivity index (χ3v) is 4.13. The van der Waals surface area contributed by atoms with Crippen molar-refractivity contribution in [2.24, 2.45) is 0 Å². The van der Waals surface area contributed by atoms with Crippen molar-refractivity contribution in [3.05, 3.63) is 101 Å². The van der Waals surface area contributed by atoms with Gasteiger partial charge < -0.3 is 17.0 Å². The molecule has 4 rings (SSSR count). The van der Waals surface area contributed by atoms with E-state index in [0.717, 1.165) is 5.56 Å². The van der Waals surface area contributed by atoms with E-state index >= 15 is 0 Å². The maximum atomic E-state index is 12.7. The number of fused-ring (bicyclic) bond motifs is 2. The van der Waals surface area contributed by atoms with Gasteiger partial charge in [0.1, 0.15) is 0 Å². The van der Waals surface area contributed by atoms with E-state index < -0.39 is 0 Å². The zero-order valence-corrected chi connectivity index (χ0v) is 14.4. The van der Waals surface area contributed by atoms with E-state index in [1.165, 1.54) is 0 Å². The molecule has 0 aliphatic heterocycles. The second-order valence-corrected chi connectivity index (χ2v) is 5.63. The number of carbonyl (C=O) groups is 2. The molecule has 1 aliphatic rings. The number of ketones is 2. The first-order chi connectivity index (χ1) is 11.2. The van der Waals surface area contributed by atoms with E-state index in [1.54, 1.807) is 30.3 Å². The standard InChI is InChI=1S/C20H14NO2.BrH/c22-19-15-6-2-3-7-16(15)20(23)18-12-14(8-9-17(18)19)13-21-10-4-1-5-11-21;/h1-12H,13H2;1H/q+1;/p-1. The summed E-state index contributed by atoms with van der Waals surface area (Å²) in [5.74, 6) is -0.149. The average molecular weight is 380 g/mol. The number of pyridine rings is 1. The molecule has 4 heteroatoms. The number of hydrogen-bond acceptors (Lipinski definition) is 2. The van der Waals surface area contributed by atoms with E-state index in [1.807, 2.05) is 47.3 Å². The van der Waals surface area contributed by atoms with Crippen LogP contribution < -0.4 is 21.5 Å². The van der Waals surface area contributed by atoms with Crippen LogP contribution in [0.25, 0.3) is 0 Å². The summed E-state index contributed by atoms with van der Waals surface area (Å²) in [7, 11) is 0. The minimum atomic E-state index is -0.0749. The molecule has 0 saturated heterocycles. The SMILES string of the molecule is O=C1c2ccccc2C(=O)c2cc(C[n+]3ccccc3)ccc21.[Br-]. The van der Waals surface area contributed by atoms with Crippen LogP contribution in [-0.2, 0) is 6.54 Å². The van der Waals surface area contributed by atoms with Crippen LogP contribution in [0.5, 0.6) is 0 Å². The van der Waals surface area contributed by atoms with E-state index in [4.69, 9.17) is 0 Å². The maximum absolute atomic E-state index is 12.7. The number of halogens is 1. The Hall–Kier alpha value is -2.59. The molecule has 1 aromatic heterocycles. The van der Waals surface area contributed by atoms with Gasteiger partial charge in [-0.05, 0) is 12.1 Å². The molecule has 3 aromatic rings. The van der Waals surface area contributed by atoms with Crippen LogP contribution >= 0.6 is 0 Å². The molecule has 0 radical (unpaired) electrons. The van der Waals surface area contributed by atoms with Gasteiger partial charge in [0.2, 0.25) is 0 Å². The van der Waals surface area contributed by atoms with Crippen LogP contribution in [0, 0.1) is 0 Å². The van der Waals surface area contributed by atoms with Gasteiger partial charge in [0.05, 0.1) is 0 Å². The number of benzene rings is 2. The molecule has 0 amide bonds. The van der Waals surface area contributed by atoms with Crippen molar-refractivity contribution < 1.29 is 31.1 Å². The van der Waals surface area contributed by atoms with Gasteiger partial charge in [-0.1, -0.05) is 36.4 Å². The number of rotatable bonds is 2. The topological polar surface area (TPSA) is 38.0 Å². The highest BCUT2D eigenvalue weighted by molar-refractivity contribution is 6.28. The highest BCUT2D eigenvalue weighted by atomic mass is 79.9. The fraction of sp³-hybridized carbons (Fsp3) is 0.0500. The Bertz CT molecular complexity index is 935. The molecule has 0 saturated carbocycles. The lowest BCUT2D eigenvalue weighted by atomic mass is 9.83. The Labute approximate surface area is 150 Å². The van der Waals surface area contributed by atoms with E-state index in [2.05, 4.69) is 0 Å². The van der Waals surface area contributed by atoms with Crippen LogP contribution in [0.4, 0.5) is 0 Å². The third kappa shape index (κ3) is 2.69. The fourth-order valence-electron chi connectivity index (χ4n) is 3.00. The molecule has 118 valence electrons. The first kappa shape index (κ1) is 16.3. The third-order valence-electron chi connectivity index (χ3n) is 4.13. The molecule has 0 bridgehead atoms. The first-order valence-electron chi connectivity index (χ1n) is 7.49. The molecule has 3 nitrogen and oxygen atoms in total. The van der Waals surface area contributed by atoms with Crippen LogP contribution in [0.1, 0.15) is 37.4 Å². The predicted molar refractivity (Wildman–Crippen MR) is 85.5 cm³/mol. The van der Waals surface area contributed by atoms with Crippen molar-refractivity contribution in [1.82, 2.24) is 0 Å². The normalized spacial score (nSPS) is 12.2. The number of hydrogen-bond donors (Lipinski definition) is 0. The van der Waals surface area contributed by atoms with Gasteiger partial charge in [-0.2, -0.15) is 0 Å². The summed E-state index contributed by atoms with van der Waals surface area (Å²) in [5.41, 5.74) is 2.99. The Morgan fingerprint density at radius 3 is 1.92 bits per heavy atom. The molecular formula is C20H14BrNO2. The van der Waals surface area contributed by atoms with Gasteiger partial charge in [0.25, 0.3) is 0 Å². The van der Waals surface area contributed by atoms with Crippen LogP contribution in [-0.4, -0.2) is 11.6 Å². The minimum absolute atomic E-state index is 0. The Morgan fingerprint density at radius 2 is 1.25 bits per heavy atom. The van der Waals surface area contributed by atoms with E-state index in [9.17, 15) is 9.59 Å². The van der Waals surface area contributed by atoms with Gasteiger partial charge in [-0.25, -0.2) is 4.57 Å². The average Bonchev–Trinajstić information content (AvgIpc) is 2.60. The van der Waals surface area contributed by atoms with Gasteiger partial charge in [0.15, 0.2) is 30.5 Å². The first-order valence-corrected chi connectivity index (χ1v) is 7.49. The number of carbonyl (C=O) groups excluding carboxylic acids is 2. The quantitative estimate of drug-likeness (QED) is 0.452. The summed E-state index contributed by atoms with van der Waals surface area (Å²) in [6.07, 6.45) is 3.95. The number of aromatic nitrogens is 1. The largest absolute Gasteiger partial charge is 1.00 e. The van der Waals surface area contributed by atoms with Crippen molar-refractivity contribution in [2.75, 3.05) is 0 Å². The van der Waals surface area contributed by atoms with Crippen molar-refractivity contribution in [3.8, 4) is 0 Å². The zero-order valence-electron chi connectivity index (χ0n) is 12.8. The van der Waals surface area contributed by atoms with E-state index in [0.29, 0.717) is 28.8 Å². The summed E-state index contributed by atoms with van der Waals surface area (Å²) in [5, 5.41) is 0. The van der Waals surface area contributed by atoms with Crippen molar-refractivity contribution >= 4 is 11.6 Å². The highest BCUT2D eigenvalue weighted by Gasteiger charge is 2.29. The second-order valence-electron chi connectivity index (χ2n) is 5.63. The highest BCUT2D eigenvalue weighted by Crippen LogP contribution is 2.27. The van der Waals surface area contributed by atoms with Gasteiger partial charge in [0, 0.05) is 39.9 Å². The summed E-state index contributed by atoms with van der Waals surface area (Å²) >= 11 is 0. The van der Waals surface area contributed by atoms with Gasteiger partial charge >= 0.3 is 0 Å². The molecule has 0 N–H and O–H groups in total. The monoisotopic (exact) mass is 379 g/mol.